The third-order valence-corrected chi connectivity index (χ3v) is 8.58. The summed E-state index contributed by atoms with van der Waals surface area (Å²) in [6, 6.07) is 65.1. The molecule has 0 saturated carbocycles. The Morgan fingerprint density at radius 1 is 0.229 bits per heavy atom. The summed E-state index contributed by atoms with van der Waals surface area (Å²) in [6.45, 7) is 6.40. The second-order valence-corrected chi connectivity index (χ2v) is 12.2. The molecule has 48 heavy (non-hydrogen) atoms. The van der Waals surface area contributed by atoms with Gasteiger partial charge in [-0.1, -0.05) is 108 Å². The minimum Gasteiger partial charge on any atom is -0.310 e. The monoisotopic (exact) mass is 621 g/mol. The third kappa shape index (κ3) is 6.58. The molecule has 0 aliphatic carbocycles. The van der Waals surface area contributed by atoms with Gasteiger partial charge in [0.2, 0.25) is 0 Å². The van der Waals surface area contributed by atoms with E-state index >= 15 is 0 Å². The van der Waals surface area contributed by atoms with Crippen LogP contribution < -0.4 is 14.7 Å². The van der Waals surface area contributed by atoms with Crippen molar-refractivity contribution in [2.24, 2.45) is 0 Å². The molecule has 7 aromatic rings. The van der Waals surface area contributed by atoms with E-state index in [4.69, 9.17) is 0 Å². The molecule has 3 nitrogen and oxygen atoms in total. The van der Waals surface area contributed by atoms with Crippen LogP contribution in [-0.2, 0) is 0 Å². The lowest BCUT2D eigenvalue weighted by Crippen LogP contribution is -2.16. The Bertz CT molecular complexity index is 1820. The van der Waals surface area contributed by atoms with Crippen LogP contribution in [0.4, 0.5) is 51.2 Å². The van der Waals surface area contributed by atoms with Gasteiger partial charge in [0.1, 0.15) is 0 Å². The van der Waals surface area contributed by atoms with E-state index in [-0.39, 0.29) is 0 Å². The molecule has 7 rings (SSSR count). The predicted octanol–water partition coefficient (Wildman–Crippen LogP) is 13.0. The Labute approximate surface area is 284 Å². The molecule has 0 bridgehead atoms. The minimum absolute atomic E-state index is 1.05. The lowest BCUT2D eigenvalue weighted by atomic mass is 10.1. The molecule has 0 N–H and O–H groups in total. The standard InChI is InChI=1S/C45H39N3/c1-34-19-25-40(26-20-34)46(37-13-7-4-8-14-37)43-31-44(47(38-15-9-5-10-16-38)41-27-21-35(2)22-28-41)33-45(32-43)48(39-17-11-6-12-18-39)42-29-23-36(3)24-30-42/h4-33H,1-3H3. The molecule has 0 amide bonds. The third-order valence-electron chi connectivity index (χ3n) is 8.58. The molecule has 0 unspecified atom stereocenters. The zero-order chi connectivity index (χ0) is 32.9. The molecule has 0 spiro atoms. The van der Waals surface area contributed by atoms with Gasteiger partial charge in [-0.25, -0.2) is 0 Å². The average molecular weight is 622 g/mol. The van der Waals surface area contributed by atoms with Gasteiger partial charge in [0.15, 0.2) is 0 Å². The SMILES string of the molecule is Cc1ccc(N(c2ccccc2)c2cc(N(c3ccccc3)c3ccc(C)cc3)cc(N(c3ccccc3)c3ccc(C)cc3)c2)cc1. The van der Waals surface area contributed by atoms with Gasteiger partial charge in [0.05, 0.1) is 17.1 Å². The summed E-state index contributed by atoms with van der Waals surface area (Å²) in [5.41, 5.74) is 13.4. The van der Waals surface area contributed by atoms with Crippen molar-refractivity contribution in [3.05, 3.63) is 199 Å². The molecule has 0 aliphatic heterocycles. The maximum Gasteiger partial charge on any atom is 0.0503 e. The Morgan fingerprint density at radius 2 is 0.438 bits per heavy atom. The molecule has 0 fully saturated rings. The first-order valence-electron chi connectivity index (χ1n) is 16.4. The van der Waals surface area contributed by atoms with Crippen LogP contribution in [0.1, 0.15) is 16.7 Å². The van der Waals surface area contributed by atoms with Gasteiger partial charge in [-0.15, -0.1) is 0 Å². The van der Waals surface area contributed by atoms with Crippen LogP contribution in [0.2, 0.25) is 0 Å². The summed E-state index contributed by atoms with van der Waals surface area (Å²) >= 11 is 0. The highest BCUT2D eigenvalue weighted by molar-refractivity contribution is 5.89. The first kappa shape index (κ1) is 30.6. The minimum atomic E-state index is 1.05. The van der Waals surface area contributed by atoms with Crippen LogP contribution in [0.25, 0.3) is 0 Å². The van der Waals surface area contributed by atoms with E-state index in [1.165, 1.54) is 16.7 Å². The largest absolute Gasteiger partial charge is 0.310 e. The van der Waals surface area contributed by atoms with Crippen molar-refractivity contribution in [3.8, 4) is 0 Å². The second-order valence-electron chi connectivity index (χ2n) is 12.2. The summed E-state index contributed by atoms with van der Waals surface area (Å²) in [7, 11) is 0. The average Bonchev–Trinajstić information content (AvgIpc) is 3.13. The molecule has 0 saturated heterocycles. The fourth-order valence-electron chi connectivity index (χ4n) is 6.12. The number of nitrogens with zero attached hydrogens (tertiary/aromatic N) is 3. The summed E-state index contributed by atoms with van der Waals surface area (Å²) in [4.78, 5) is 7.05. The summed E-state index contributed by atoms with van der Waals surface area (Å²) in [5.74, 6) is 0. The first-order valence-corrected chi connectivity index (χ1v) is 16.4. The van der Waals surface area contributed by atoms with E-state index in [9.17, 15) is 0 Å². The highest BCUT2D eigenvalue weighted by Gasteiger charge is 2.22. The van der Waals surface area contributed by atoms with Gasteiger partial charge >= 0.3 is 0 Å². The van der Waals surface area contributed by atoms with Gasteiger partial charge in [-0.05, 0) is 112 Å². The maximum absolute atomic E-state index is 2.35. The normalized spacial score (nSPS) is 10.8. The van der Waals surface area contributed by atoms with E-state index in [1.54, 1.807) is 0 Å². The summed E-state index contributed by atoms with van der Waals surface area (Å²) in [6.07, 6.45) is 0. The molecule has 0 aromatic heterocycles. The lowest BCUT2D eigenvalue weighted by Gasteiger charge is -2.33. The summed E-state index contributed by atoms with van der Waals surface area (Å²) < 4.78 is 0. The van der Waals surface area contributed by atoms with Crippen molar-refractivity contribution >= 4 is 51.2 Å². The Morgan fingerprint density at radius 3 is 0.667 bits per heavy atom. The summed E-state index contributed by atoms with van der Waals surface area (Å²) in [5, 5.41) is 0. The number of aryl methyl sites for hydroxylation is 3. The second kappa shape index (κ2) is 13.7. The number of hydrogen-bond donors (Lipinski definition) is 0. The lowest BCUT2D eigenvalue weighted by molar-refractivity contribution is 1.22. The molecule has 234 valence electrons. The number of anilines is 9. The zero-order valence-electron chi connectivity index (χ0n) is 27.7. The maximum atomic E-state index is 2.35. The topological polar surface area (TPSA) is 9.72 Å². The quantitative estimate of drug-likeness (QED) is 0.159. The molecular formula is C45H39N3. The number of hydrogen-bond acceptors (Lipinski definition) is 3. The Hall–Kier alpha value is -6.06. The van der Waals surface area contributed by atoms with Crippen LogP contribution >= 0.6 is 0 Å². The molecule has 7 aromatic carbocycles. The van der Waals surface area contributed by atoms with E-state index in [0.29, 0.717) is 0 Å². The predicted molar refractivity (Wildman–Crippen MR) is 205 cm³/mol. The van der Waals surface area contributed by atoms with Crippen LogP contribution in [-0.4, -0.2) is 0 Å². The fourth-order valence-corrected chi connectivity index (χ4v) is 6.12. The van der Waals surface area contributed by atoms with Crippen molar-refractivity contribution in [2.45, 2.75) is 20.8 Å². The van der Waals surface area contributed by atoms with Crippen molar-refractivity contribution in [1.29, 1.82) is 0 Å². The first-order chi connectivity index (χ1) is 23.5. The van der Waals surface area contributed by atoms with Gasteiger partial charge in [0.25, 0.3) is 0 Å². The molecule has 0 aliphatic rings. The molecule has 0 heterocycles. The van der Waals surface area contributed by atoms with E-state index in [0.717, 1.165) is 51.2 Å². The van der Waals surface area contributed by atoms with E-state index < -0.39 is 0 Å². The zero-order valence-corrected chi connectivity index (χ0v) is 27.7. The highest BCUT2D eigenvalue weighted by Crippen LogP contribution is 2.45. The van der Waals surface area contributed by atoms with Crippen molar-refractivity contribution in [3.63, 3.8) is 0 Å². The van der Waals surface area contributed by atoms with Gasteiger partial charge in [0, 0.05) is 34.1 Å². The highest BCUT2D eigenvalue weighted by atomic mass is 15.2. The van der Waals surface area contributed by atoms with Crippen LogP contribution in [0.15, 0.2) is 182 Å². The number of benzene rings is 7. The van der Waals surface area contributed by atoms with Crippen molar-refractivity contribution < 1.29 is 0 Å². The van der Waals surface area contributed by atoms with E-state index in [1.807, 2.05) is 0 Å². The van der Waals surface area contributed by atoms with E-state index in [2.05, 4.69) is 217 Å². The molecule has 3 heteroatoms. The number of rotatable bonds is 9. The van der Waals surface area contributed by atoms with Crippen molar-refractivity contribution in [2.75, 3.05) is 14.7 Å². The fraction of sp³-hybridized carbons (Fsp3) is 0.0667. The van der Waals surface area contributed by atoms with Crippen LogP contribution in [0, 0.1) is 20.8 Å². The molecular weight excluding hydrogens is 583 g/mol. The van der Waals surface area contributed by atoms with Crippen LogP contribution in [0.5, 0.6) is 0 Å². The smallest absolute Gasteiger partial charge is 0.0503 e. The van der Waals surface area contributed by atoms with Crippen LogP contribution in [0.3, 0.4) is 0 Å². The van der Waals surface area contributed by atoms with Gasteiger partial charge in [-0.2, -0.15) is 0 Å². The molecule has 0 radical (unpaired) electrons. The van der Waals surface area contributed by atoms with Gasteiger partial charge < -0.3 is 14.7 Å². The Balaban J connectivity index is 1.53. The Kier molecular flexibility index (Phi) is 8.76. The van der Waals surface area contributed by atoms with Crippen molar-refractivity contribution in [1.82, 2.24) is 0 Å². The van der Waals surface area contributed by atoms with Gasteiger partial charge in [-0.3, -0.25) is 0 Å². The number of para-hydroxylation sites is 3. The molecule has 0 atom stereocenters.